The number of nitrogens with zero attached hydrogens (tertiary/aromatic N) is 1. The number of nitro benzene ring substituents is 1. The molecule has 1 aliphatic rings. The molecule has 1 aliphatic carbocycles. The molecule has 0 saturated heterocycles. The van der Waals surface area contributed by atoms with E-state index in [9.17, 15) is 10.1 Å². The molecule has 0 radical (unpaired) electrons. The van der Waals surface area contributed by atoms with Crippen molar-refractivity contribution < 1.29 is 4.92 Å². The Bertz CT molecular complexity index is 494. The lowest BCUT2D eigenvalue weighted by molar-refractivity contribution is -0.385. The molecular weight excluding hydrogens is 264 g/mol. The lowest BCUT2D eigenvalue weighted by Crippen LogP contribution is -2.34. The number of hydrogen-bond donors (Lipinski definition) is 1. The molecule has 0 bridgehead atoms. The zero-order valence-corrected chi connectivity index (χ0v) is 13.3. The summed E-state index contributed by atoms with van der Waals surface area (Å²) < 4.78 is 0. The third kappa shape index (κ3) is 4.03. The van der Waals surface area contributed by atoms with Gasteiger partial charge in [0.05, 0.1) is 4.92 Å². The van der Waals surface area contributed by atoms with Crippen LogP contribution in [-0.2, 0) is 0 Å². The molecule has 4 heteroatoms. The van der Waals surface area contributed by atoms with Crippen molar-refractivity contribution in [2.24, 2.45) is 5.92 Å². The summed E-state index contributed by atoms with van der Waals surface area (Å²) in [6.07, 6.45) is 6.32. The molecule has 0 aromatic heterocycles. The van der Waals surface area contributed by atoms with Gasteiger partial charge < -0.3 is 5.32 Å². The van der Waals surface area contributed by atoms with E-state index in [1.807, 2.05) is 12.1 Å². The second-order valence-corrected chi connectivity index (χ2v) is 6.32. The Kier molecular flexibility index (Phi) is 5.34. The molecule has 0 heterocycles. The van der Waals surface area contributed by atoms with Crippen LogP contribution in [0.3, 0.4) is 0 Å². The van der Waals surface area contributed by atoms with Crippen molar-refractivity contribution in [3.05, 3.63) is 39.4 Å². The fraction of sp³-hybridized carbons (Fsp3) is 0.647. The van der Waals surface area contributed by atoms with Crippen molar-refractivity contribution in [2.75, 3.05) is 0 Å². The summed E-state index contributed by atoms with van der Waals surface area (Å²) in [6, 6.07) is 6.26. The maximum Gasteiger partial charge on any atom is 0.272 e. The molecular formula is C17H26N2O2. The second-order valence-electron chi connectivity index (χ2n) is 6.32. The molecule has 116 valence electrons. The highest BCUT2D eigenvalue weighted by Crippen LogP contribution is 2.29. The highest BCUT2D eigenvalue weighted by Gasteiger charge is 2.22. The van der Waals surface area contributed by atoms with Crippen LogP contribution < -0.4 is 5.32 Å². The van der Waals surface area contributed by atoms with Crippen LogP contribution in [0.1, 0.15) is 63.1 Å². The zero-order valence-electron chi connectivity index (χ0n) is 13.3. The molecule has 1 fully saturated rings. The first kappa shape index (κ1) is 16.0. The highest BCUT2D eigenvalue weighted by atomic mass is 16.6. The lowest BCUT2D eigenvalue weighted by atomic mass is 9.84. The Morgan fingerprint density at radius 2 is 2.00 bits per heavy atom. The van der Waals surface area contributed by atoms with Crippen LogP contribution in [0.4, 0.5) is 5.69 Å². The van der Waals surface area contributed by atoms with E-state index in [0.29, 0.717) is 6.04 Å². The lowest BCUT2D eigenvalue weighted by Gasteiger charge is -2.31. The van der Waals surface area contributed by atoms with Gasteiger partial charge in [0.15, 0.2) is 0 Å². The van der Waals surface area contributed by atoms with E-state index in [-0.39, 0.29) is 16.7 Å². The summed E-state index contributed by atoms with van der Waals surface area (Å²) in [6.45, 7) is 6.15. The summed E-state index contributed by atoms with van der Waals surface area (Å²) in [5.41, 5.74) is 1.94. The minimum absolute atomic E-state index is 0.160. The second kappa shape index (κ2) is 7.03. The van der Waals surface area contributed by atoms with Gasteiger partial charge >= 0.3 is 0 Å². The van der Waals surface area contributed by atoms with Gasteiger partial charge in [-0.05, 0) is 51.0 Å². The standard InChI is InChI=1S/C17H26N2O2/c1-4-14-6-9-16(10-7-14)18-13(3)15-8-5-12(2)17(11-15)19(20)21/h5,8,11,13-14,16,18H,4,6-7,9-10H2,1-3H3. The van der Waals surface area contributed by atoms with E-state index in [1.165, 1.54) is 32.1 Å². The monoisotopic (exact) mass is 290 g/mol. The van der Waals surface area contributed by atoms with Crippen LogP contribution in [0.2, 0.25) is 0 Å². The first-order valence-corrected chi connectivity index (χ1v) is 8.02. The van der Waals surface area contributed by atoms with Gasteiger partial charge in [0.25, 0.3) is 5.69 Å². The first-order chi connectivity index (χ1) is 10.0. The molecule has 1 unspecified atom stereocenters. The number of aryl methyl sites for hydroxylation is 1. The fourth-order valence-corrected chi connectivity index (χ4v) is 3.28. The average Bonchev–Trinajstić information content (AvgIpc) is 2.48. The summed E-state index contributed by atoms with van der Waals surface area (Å²) in [5.74, 6) is 0.888. The van der Waals surface area contributed by atoms with Gasteiger partial charge in [-0.2, -0.15) is 0 Å². The maximum absolute atomic E-state index is 11.0. The van der Waals surface area contributed by atoms with Crippen LogP contribution in [-0.4, -0.2) is 11.0 Å². The minimum atomic E-state index is -0.294. The molecule has 1 atom stereocenters. The summed E-state index contributed by atoms with van der Waals surface area (Å²) in [7, 11) is 0. The minimum Gasteiger partial charge on any atom is -0.307 e. The molecule has 0 spiro atoms. The molecule has 0 amide bonds. The van der Waals surface area contributed by atoms with Crippen molar-refractivity contribution in [2.45, 2.75) is 65.0 Å². The molecule has 21 heavy (non-hydrogen) atoms. The van der Waals surface area contributed by atoms with E-state index in [0.717, 1.165) is 17.0 Å². The zero-order chi connectivity index (χ0) is 15.4. The molecule has 0 aliphatic heterocycles. The van der Waals surface area contributed by atoms with Crippen molar-refractivity contribution in [1.82, 2.24) is 5.32 Å². The Labute approximate surface area is 127 Å². The normalized spacial score (nSPS) is 23.8. The third-order valence-electron chi connectivity index (χ3n) is 4.84. The van der Waals surface area contributed by atoms with E-state index >= 15 is 0 Å². The number of benzene rings is 1. The Morgan fingerprint density at radius 3 is 2.57 bits per heavy atom. The topological polar surface area (TPSA) is 55.2 Å². The fourth-order valence-electron chi connectivity index (χ4n) is 3.28. The van der Waals surface area contributed by atoms with Crippen molar-refractivity contribution in [3.63, 3.8) is 0 Å². The van der Waals surface area contributed by atoms with Gasteiger partial charge in [-0.15, -0.1) is 0 Å². The van der Waals surface area contributed by atoms with Crippen LogP contribution >= 0.6 is 0 Å². The molecule has 1 aromatic carbocycles. The molecule has 1 saturated carbocycles. The van der Waals surface area contributed by atoms with Crippen molar-refractivity contribution in [3.8, 4) is 0 Å². The number of nitrogens with one attached hydrogen (secondary N) is 1. The predicted molar refractivity (Wildman–Crippen MR) is 85.4 cm³/mol. The van der Waals surface area contributed by atoms with Crippen LogP contribution in [0.15, 0.2) is 18.2 Å². The predicted octanol–water partition coefficient (Wildman–Crippen LogP) is 4.52. The van der Waals surface area contributed by atoms with Gasteiger partial charge in [-0.3, -0.25) is 10.1 Å². The van der Waals surface area contributed by atoms with Crippen LogP contribution in [0.5, 0.6) is 0 Å². The SMILES string of the molecule is CCC1CCC(NC(C)c2ccc(C)c([N+](=O)[O-])c2)CC1. The van der Waals surface area contributed by atoms with Crippen molar-refractivity contribution in [1.29, 1.82) is 0 Å². The van der Waals surface area contributed by atoms with E-state index in [4.69, 9.17) is 0 Å². The Balaban J connectivity index is 1.99. The van der Waals surface area contributed by atoms with Crippen molar-refractivity contribution >= 4 is 5.69 Å². The number of nitro groups is 1. The van der Waals surface area contributed by atoms with Gasteiger partial charge in [0, 0.05) is 23.7 Å². The first-order valence-electron chi connectivity index (χ1n) is 8.02. The van der Waals surface area contributed by atoms with Gasteiger partial charge in [-0.1, -0.05) is 25.5 Å². The third-order valence-corrected chi connectivity index (χ3v) is 4.84. The molecule has 4 nitrogen and oxygen atoms in total. The summed E-state index contributed by atoms with van der Waals surface area (Å²) >= 11 is 0. The van der Waals surface area contributed by atoms with E-state index in [2.05, 4.69) is 19.2 Å². The molecule has 2 rings (SSSR count). The van der Waals surface area contributed by atoms with E-state index < -0.39 is 0 Å². The Hall–Kier alpha value is -1.42. The summed E-state index contributed by atoms with van der Waals surface area (Å²) in [5, 5.41) is 14.7. The van der Waals surface area contributed by atoms with Gasteiger partial charge in [0.1, 0.15) is 0 Å². The van der Waals surface area contributed by atoms with Gasteiger partial charge in [0.2, 0.25) is 0 Å². The largest absolute Gasteiger partial charge is 0.307 e. The summed E-state index contributed by atoms with van der Waals surface area (Å²) in [4.78, 5) is 10.7. The maximum atomic E-state index is 11.0. The Morgan fingerprint density at radius 1 is 1.33 bits per heavy atom. The average molecular weight is 290 g/mol. The number of rotatable bonds is 5. The highest BCUT2D eigenvalue weighted by molar-refractivity contribution is 5.43. The number of hydrogen-bond acceptors (Lipinski definition) is 3. The quantitative estimate of drug-likeness (QED) is 0.640. The van der Waals surface area contributed by atoms with E-state index in [1.54, 1.807) is 13.0 Å². The molecule has 1 aromatic rings. The van der Waals surface area contributed by atoms with Crippen LogP contribution in [0, 0.1) is 23.0 Å². The van der Waals surface area contributed by atoms with Crippen LogP contribution in [0.25, 0.3) is 0 Å². The smallest absolute Gasteiger partial charge is 0.272 e. The van der Waals surface area contributed by atoms with Gasteiger partial charge in [-0.25, -0.2) is 0 Å². The molecule has 1 N–H and O–H groups in total.